The molecule has 0 saturated heterocycles. The quantitative estimate of drug-likeness (QED) is 0.277. The second-order valence-corrected chi connectivity index (χ2v) is 11.2. The summed E-state index contributed by atoms with van der Waals surface area (Å²) in [7, 11) is 0. The van der Waals surface area contributed by atoms with Crippen LogP contribution in [0.4, 0.5) is 0 Å². The van der Waals surface area contributed by atoms with Crippen LogP contribution < -0.4 is 10.1 Å². The van der Waals surface area contributed by atoms with E-state index in [-0.39, 0.29) is 24.5 Å². The monoisotopic (exact) mass is 596 g/mol. The van der Waals surface area contributed by atoms with Gasteiger partial charge in [0.25, 0.3) is 5.91 Å². The van der Waals surface area contributed by atoms with E-state index in [2.05, 4.69) is 21.2 Å². The van der Waals surface area contributed by atoms with Gasteiger partial charge in [-0.05, 0) is 49.1 Å². The fraction of sp³-hybridized carbons (Fsp3) is 0.355. The first kappa shape index (κ1) is 28.2. The van der Waals surface area contributed by atoms with Crippen LogP contribution in [0.25, 0.3) is 0 Å². The first-order valence-electron chi connectivity index (χ1n) is 13.2. The molecular weight excluding hydrogens is 564 g/mol. The third-order valence-electron chi connectivity index (χ3n) is 6.90. The molecule has 0 aromatic heterocycles. The summed E-state index contributed by atoms with van der Waals surface area (Å²) in [4.78, 5) is 29.3. The summed E-state index contributed by atoms with van der Waals surface area (Å²) in [5.41, 5.74) is 3.05. The van der Waals surface area contributed by atoms with Crippen molar-refractivity contribution in [2.24, 2.45) is 0 Å². The molecule has 1 aliphatic carbocycles. The van der Waals surface area contributed by atoms with Crippen LogP contribution in [0.3, 0.4) is 0 Å². The number of carbonyl (C=O) groups is 2. The second kappa shape index (κ2) is 13.8. The Morgan fingerprint density at radius 3 is 2.45 bits per heavy atom. The van der Waals surface area contributed by atoms with Gasteiger partial charge in [0.2, 0.25) is 5.91 Å². The van der Waals surface area contributed by atoms with Crippen molar-refractivity contribution in [3.05, 3.63) is 99.0 Å². The van der Waals surface area contributed by atoms with Gasteiger partial charge in [0.05, 0.1) is 5.02 Å². The van der Waals surface area contributed by atoms with Crippen LogP contribution in [0.2, 0.25) is 5.02 Å². The van der Waals surface area contributed by atoms with Crippen molar-refractivity contribution in [2.45, 2.75) is 64.1 Å². The van der Waals surface area contributed by atoms with E-state index < -0.39 is 6.04 Å². The lowest BCUT2D eigenvalue weighted by Gasteiger charge is -2.33. The van der Waals surface area contributed by atoms with Gasteiger partial charge in [0, 0.05) is 23.5 Å². The van der Waals surface area contributed by atoms with E-state index in [9.17, 15) is 9.59 Å². The number of hydrogen-bond acceptors (Lipinski definition) is 3. The number of hydrogen-bond donors (Lipinski definition) is 1. The molecule has 0 heterocycles. The number of ether oxygens (including phenoxy) is 1. The highest BCUT2D eigenvalue weighted by Crippen LogP contribution is 2.28. The van der Waals surface area contributed by atoms with Gasteiger partial charge >= 0.3 is 0 Å². The van der Waals surface area contributed by atoms with Crippen LogP contribution in [-0.2, 0) is 22.6 Å². The maximum Gasteiger partial charge on any atom is 0.261 e. The van der Waals surface area contributed by atoms with Crippen LogP contribution in [-0.4, -0.2) is 35.4 Å². The van der Waals surface area contributed by atoms with E-state index in [1.165, 1.54) is 6.42 Å². The van der Waals surface area contributed by atoms with Crippen LogP contribution >= 0.6 is 27.5 Å². The Morgan fingerprint density at radius 2 is 1.74 bits per heavy atom. The molecule has 4 rings (SSSR count). The number of amides is 2. The highest BCUT2D eigenvalue weighted by Gasteiger charge is 2.32. The maximum absolute atomic E-state index is 13.8. The van der Waals surface area contributed by atoms with Gasteiger partial charge in [-0.1, -0.05) is 107 Å². The first-order chi connectivity index (χ1) is 18.4. The number of benzene rings is 3. The minimum absolute atomic E-state index is 0.122. The normalized spacial score (nSPS) is 14.5. The molecule has 38 heavy (non-hydrogen) atoms. The smallest absolute Gasteiger partial charge is 0.261 e. The van der Waals surface area contributed by atoms with Crippen molar-refractivity contribution in [3.63, 3.8) is 0 Å². The van der Waals surface area contributed by atoms with Gasteiger partial charge in [-0.3, -0.25) is 9.59 Å². The van der Waals surface area contributed by atoms with E-state index in [1.807, 2.05) is 67.6 Å². The number of carbonyl (C=O) groups excluding carboxylic acids is 2. The van der Waals surface area contributed by atoms with Crippen molar-refractivity contribution in [1.82, 2.24) is 10.2 Å². The molecule has 0 aliphatic heterocycles. The standard InChI is InChI=1S/C31H34BrClN2O3/c1-22-9-8-12-24(17-22)20-35(30(36)21-38-29-16-15-25(32)19-27(29)33)28(18-23-10-4-2-5-11-23)31(37)34-26-13-6-3-7-14-26/h2,4-5,8-12,15-17,19,26,28H,3,6-7,13-14,18,20-21H2,1H3,(H,34,37). The fourth-order valence-electron chi connectivity index (χ4n) is 4.92. The lowest BCUT2D eigenvalue weighted by Crippen LogP contribution is -2.53. The topological polar surface area (TPSA) is 58.6 Å². The minimum Gasteiger partial charge on any atom is -0.482 e. The van der Waals surface area contributed by atoms with Crippen molar-refractivity contribution >= 4 is 39.3 Å². The summed E-state index contributed by atoms with van der Waals surface area (Å²) in [6, 6.07) is 22.6. The predicted octanol–water partition coefficient (Wildman–Crippen LogP) is 6.88. The molecule has 1 unspecified atom stereocenters. The molecule has 1 fully saturated rings. The van der Waals surface area contributed by atoms with E-state index >= 15 is 0 Å². The van der Waals surface area contributed by atoms with Gasteiger partial charge in [0.15, 0.2) is 6.61 Å². The van der Waals surface area contributed by atoms with Gasteiger partial charge < -0.3 is 15.0 Å². The molecule has 1 N–H and O–H groups in total. The van der Waals surface area contributed by atoms with Gasteiger partial charge in [-0.2, -0.15) is 0 Å². The predicted molar refractivity (Wildman–Crippen MR) is 155 cm³/mol. The van der Waals surface area contributed by atoms with Crippen molar-refractivity contribution < 1.29 is 14.3 Å². The zero-order valence-electron chi connectivity index (χ0n) is 21.7. The zero-order chi connectivity index (χ0) is 26.9. The van der Waals surface area contributed by atoms with Crippen molar-refractivity contribution in [1.29, 1.82) is 0 Å². The molecule has 0 bridgehead atoms. The first-order valence-corrected chi connectivity index (χ1v) is 14.3. The molecule has 7 heteroatoms. The summed E-state index contributed by atoms with van der Waals surface area (Å²) in [6.45, 7) is 2.09. The minimum atomic E-state index is -0.684. The van der Waals surface area contributed by atoms with Crippen molar-refractivity contribution in [2.75, 3.05) is 6.61 Å². The van der Waals surface area contributed by atoms with E-state index in [1.54, 1.807) is 17.0 Å². The molecule has 2 amide bonds. The molecule has 5 nitrogen and oxygen atoms in total. The molecule has 1 aliphatic rings. The molecule has 0 radical (unpaired) electrons. The third kappa shape index (κ3) is 8.08. The largest absolute Gasteiger partial charge is 0.482 e. The van der Waals surface area contributed by atoms with Gasteiger partial charge in [-0.25, -0.2) is 0 Å². The van der Waals surface area contributed by atoms with Gasteiger partial charge in [-0.15, -0.1) is 0 Å². The van der Waals surface area contributed by atoms with Crippen LogP contribution in [0.5, 0.6) is 5.75 Å². The van der Waals surface area contributed by atoms with Gasteiger partial charge in [0.1, 0.15) is 11.8 Å². The molecular formula is C31H34BrClN2O3. The number of aryl methyl sites for hydroxylation is 1. The number of nitrogens with zero attached hydrogens (tertiary/aromatic N) is 1. The Morgan fingerprint density at radius 1 is 1.00 bits per heavy atom. The van der Waals surface area contributed by atoms with Crippen LogP contribution in [0, 0.1) is 6.92 Å². The lowest BCUT2D eigenvalue weighted by molar-refractivity contribution is -0.143. The SMILES string of the molecule is Cc1cccc(CN(C(=O)COc2ccc(Br)cc2Cl)C(Cc2ccccc2)C(=O)NC2CCCCC2)c1. The third-order valence-corrected chi connectivity index (χ3v) is 7.69. The van der Waals surface area contributed by atoms with Crippen LogP contribution in [0.1, 0.15) is 48.8 Å². The molecule has 0 spiro atoms. The molecule has 1 saturated carbocycles. The Labute approximate surface area is 238 Å². The van der Waals surface area contributed by atoms with E-state index in [4.69, 9.17) is 16.3 Å². The molecule has 3 aromatic rings. The van der Waals surface area contributed by atoms with E-state index in [0.717, 1.165) is 46.8 Å². The highest BCUT2D eigenvalue weighted by atomic mass is 79.9. The Balaban J connectivity index is 1.62. The average Bonchev–Trinajstić information content (AvgIpc) is 2.91. The Bertz CT molecular complexity index is 1230. The summed E-state index contributed by atoms with van der Waals surface area (Å²) in [5, 5.41) is 3.67. The summed E-state index contributed by atoms with van der Waals surface area (Å²) in [5.74, 6) is 0.0265. The summed E-state index contributed by atoms with van der Waals surface area (Å²) >= 11 is 9.71. The summed E-state index contributed by atoms with van der Waals surface area (Å²) in [6.07, 6.45) is 5.79. The lowest BCUT2D eigenvalue weighted by atomic mass is 9.94. The molecule has 3 aromatic carbocycles. The van der Waals surface area contributed by atoms with E-state index in [0.29, 0.717) is 23.7 Å². The Kier molecular flexibility index (Phi) is 10.2. The average molecular weight is 598 g/mol. The second-order valence-electron chi connectivity index (χ2n) is 9.92. The zero-order valence-corrected chi connectivity index (χ0v) is 24.0. The Hall–Kier alpha value is -2.83. The number of nitrogens with one attached hydrogen (secondary N) is 1. The van der Waals surface area contributed by atoms with Crippen molar-refractivity contribution in [3.8, 4) is 5.75 Å². The number of rotatable bonds is 10. The molecule has 200 valence electrons. The fourth-order valence-corrected chi connectivity index (χ4v) is 5.65. The summed E-state index contributed by atoms with van der Waals surface area (Å²) < 4.78 is 6.67. The number of halogens is 2. The molecule has 1 atom stereocenters. The van der Waals surface area contributed by atoms with Crippen LogP contribution in [0.15, 0.2) is 77.3 Å². The maximum atomic E-state index is 13.8. The highest BCUT2D eigenvalue weighted by molar-refractivity contribution is 9.10.